The van der Waals surface area contributed by atoms with Crippen LogP contribution >= 0.6 is 11.6 Å². The molecule has 0 spiro atoms. The van der Waals surface area contributed by atoms with Crippen LogP contribution in [0.2, 0.25) is 5.02 Å². The second-order valence-corrected chi connectivity index (χ2v) is 5.36. The number of nitro groups is 1. The van der Waals surface area contributed by atoms with Crippen molar-refractivity contribution in [1.29, 1.82) is 5.26 Å². The van der Waals surface area contributed by atoms with Gasteiger partial charge in [0.1, 0.15) is 11.6 Å². The number of benzene rings is 1. The first-order chi connectivity index (χ1) is 10.9. The number of rotatable bonds is 2. The number of non-ortho nitro benzene ring substituents is 1. The highest BCUT2D eigenvalue weighted by Crippen LogP contribution is 2.45. The van der Waals surface area contributed by atoms with E-state index in [2.05, 4.69) is 10.2 Å². The number of nitrogens with zero attached hydrogens (tertiary/aromatic N) is 3. The van der Waals surface area contributed by atoms with Gasteiger partial charge < -0.3 is 10.5 Å². The summed E-state index contributed by atoms with van der Waals surface area (Å²) in [5.74, 6) is -0.555. The lowest BCUT2D eigenvalue weighted by atomic mass is 9.84. The Balaban J connectivity index is 2.29. The molecule has 1 aliphatic heterocycles. The summed E-state index contributed by atoms with van der Waals surface area (Å²) in [7, 11) is 0. The molecule has 3 rings (SSSR count). The normalized spacial score (nSPS) is 16.5. The predicted octanol–water partition coefficient (Wildman–Crippen LogP) is 2.50. The monoisotopic (exact) mass is 331 g/mol. The van der Waals surface area contributed by atoms with Gasteiger partial charge in [-0.3, -0.25) is 15.2 Å². The summed E-state index contributed by atoms with van der Waals surface area (Å²) < 4.78 is 5.34. The average molecular weight is 332 g/mol. The van der Waals surface area contributed by atoms with Gasteiger partial charge in [-0.2, -0.15) is 5.26 Å². The maximum absolute atomic E-state index is 11.0. The summed E-state index contributed by atoms with van der Waals surface area (Å²) in [6.45, 7) is 1.75. The number of nitro benzene ring substituents is 1. The molecule has 1 aromatic carbocycles. The van der Waals surface area contributed by atoms with Crippen LogP contribution in [-0.4, -0.2) is 15.1 Å². The molecule has 1 aromatic heterocycles. The smallest absolute Gasteiger partial charge is 0.269 e. The maximum atomic E-state index is 11.0. The van der Waals surface area contributed by atoms with Gasteiger partial charge in [-0.1, -0.05) is 11.6 Å². The number of nitrogens with one attached hydrogen (secondary N) is 1. The number of aromatic amines is 1. The summed E-state index contributed by atoms with van der Waals surface area (Å²) in [5.41, 5.74) is 7.43. The minimum absolute atomic E-state index is 0.0981. The van der Waals surface area contributed by atoms with Gasteiger partial charge in [0.2, 0.25) is 11.8 Å². The van der Waals surface area contributed by atoms with Crippen molar-refractivity contribution in [1.82, 2.24) is 10.2 Å². The highest BCUT2D eigenvalue weighted by atomic mass is 35.5. The first-order valence-electron chi connectivity index (χ1n) is 6.50. The molecule has 0 fully saturated rings. The number of ether oxygens (including phenoxy) is 1. The van der Waals surface area contributed by atoms with Crippen molar-refractivity contribution in [3.8, 4) is 11.9 Å². The number of aromatic nitrogens is 2. The van der Waals surface area contributed by atoms with Crippen LogP contribution in [0.5, 0.6) is 5.88 Å². The molecule has 23 heavy (non-hydrogen) atoms. The molecule has 116 valence electrons. The number of allylic oxidation sites excluding steroid dienone is 1. The topological polar surface area (TPSA) is 131 Å². The van der Waals surface area contributed by atoms with E-state index in [9.17, 15) is 15.4 Å². The molecule has 0 bridgehead atoms. The van der Waals surface area contributed by atoms with Gasteiger partial charge in [0.15, 0.2) is 0 Å². The standard InChI is InChI=1S/C14H10ClN5O3/c1-6-11-12(8-4-7(20(21)22)2-3-10(8)15)9(5-16)13(17)23-14(11)19-18-6/h2-4,12H,17H2,1H3,(H,18,19). The zero-order chi connectivity index (χ0) is 16.7. The molecule has 8 nitrogen and oxygen atoms in total. The third-order valence-corrected chi connectivity index (χ3v) is 3.98. The molecular formula is C14H10ClN5O3. The molecule has 0 aliphatic carbocycles. The summed E-state index contributed by atoms with van der Waals surface area (Å²) >= 11 is 6.22. The van der Waals surface area contributed by atoms with Gasteiger partial charge in [-0.15, -0.1) is 5.10 Å². The van der Waals surface area contributed by atoms with Crippen molar-refractivity contribution in [2.75, 3.05) is 0 Å². The first kappa shape index (κ1) is 14.9. The number of aryl methyl sites for hydroxylation is 1. The zero-order valence-electron chi connectivity index (χ0n) is 11.8. The van der Waals surface area contributed by atoms with Crippen LogP contribution in [0.3, 0.4) is 0 Å². The van der Waals surface area contributed by atoms with Gasteiger partial charge >= 0.3 is 0 Å². The molecule has 1 unspecified atom stereocenters. The Morgan fingerprint density at radius 2 is 2.30 bits per heavy atom. The first-order valence-corrected chi connectivity index (χ1v) is 6.88. The lowest BCUT2D eigenvalue weighted by molar-refractivity contribution is -0.384. The van der Waals surface area contributed by atoms with Crippen LogP contribution in [0, 0.1) is 28.4 Å². The minimum atomic E-state index is -0.685. The maximum Gasteiger partial charge on any atom is 0.269 e. The fourth-order valence-corrected chi connectivity index (χ4v) is 2.80. The minimum Gasteiger partial charge on any atom is -0.420 e. The largest absolute Gasteiger partial charge is 0.420 e. The summed E-state index contributed by atoms with van der Waals surface area (Å²) in [6.07, 6.45) is 0. The van der Waals surface area contributed by atoms with Gasteiger partial charge in [-0.05, 0) is 18.6 Å². The van der Waals surface area contributed by atoms with Crippen molar-refractivity contribution >= 4 is 17.3 Å². The Bertz CT molecular complexity index is 896. The van der Waals surface area contributed by atoms with Crippen molar-refractivity contribution in [2.45, 2.75) is 12.8 Å². The van der Waals surface area contributed by atoms with Crippen LogP contribution in [0.15, 0.2) is 29.7 Å². The van der Waals surface area contributed by atoms with Gasteiger partial charge in [0.25, 0.3) is 5.69 Å². The number of fused-ring (bicyclic) bond motifs is 1. The third kappa shape index (κ3) is 2.27. The molecule has 9 heteroatoms. The van der Waals surface area contributed by atoms with Crippen LogP contribution in [-0.2, 0) is 0 Å². The number of hydrogen-bond acceptors (Lipinski definition) is 6. The number of nitrogens with two attached hydrogens (primary N) is 1. The second-order valence-electron chi connectivity index (χ2n) is 4.96. The molecule has 3 N–H and O–H groups in total. The Kier molecular flexibility index (Phi) is 3.42. The zero-order valence-corrected chi connectivity index (χ0v) is 12.6. The number of hydrogen-bond donors (Lipinski definition) is 2. The quantitative estimate of drug-likeness (QED) is 0.642. The van der Waals surface area contributed by atoms with E-state index in [1.807, 2.05) is 6.07 Å². The Morgan fingerprint density at radius 3 is 2.96 bits per heavy atom. The highest BCUT2D eigenvalue weighted by Gasteiger charge is 2.36. The highest BCUT2D eigenvalue weighted by molar-refractivity contribution is 6.31. The summed E-state index contributed by atoms with van der Waals surface area (Å²) in [5, 5.41) is 27.5. The number of H-pyrrole nitrogens is 1. The van der Waals surface area contributed by atoms with Crippen LogP contribution < -0.4 is 10.5 Å². The van der Waals surface area contributed by atoms with Gasteiger partial charge in [0, 0.05) is 28.4 Å². The van der Waals surface area contributed by atoms with E-state index in [0.717, 1.165) is 0 Å². The van der Waals surface area contributed by atoms with Crippen molar-refractivity contribution < 1.29 is 9.66 Å². The molecule has 0 saturated carbocycles. The van der Waals surface area contributed by atoms with E-state index in [0.29, 0.717) is 16.8 Å². The van der Waals surface area contributed by atoms with Crippen molar-refractivity contribution in [3.63, 3.8) is 0 Å². The summed E-state index contributed by atoms with van der Waals surface area (Å²) in [6, 6.07) is 6.05. The molecule has 2 aromatic rings. The van der Waals surface area contributed by atoms with Crippen LogP contribution in [0.4, 0.5) is 5.69 Å². The molecule has 0 saturated heterocycles. The van der Waals surface area contributed by atoms with E-state index < -0.39 is 10.8 Å². The average Bonchev–Trinajstić information content (AvgIpc) is 2.87. The number of halogens is 1. The van der Waals surface area contributed by atoms with Gasteiger partial charge in [-0.25, -0.2) is 0 Å². The lowest BCUT2D eigenvalue weighted by Crippen LogP contribution is -2.21. The number of nitriles is 1. The molecule has 2 heterocycles. The van der Waals surface area contributed by atoms with E-state index in [1.165, 1.54) is 18.2 Å². The molecular weight excluding hydrogens is 322 g/mol. The van der Waals surface area contributed by atoms with E-state index in [1.54, 1.807) is 6.92 Å². The fourth-order valence-electron chi connectivity index (χ4n) is 2.58. The van der Waals surface area contributed by atoms with Crippen LogP contribution in [0.1, 0.15) is 22.7 Å². The second kappa shape index (κ2) is 5.30. The third-order valence-electron chi connectivity index (χ3n) is 3.63. The van der Waals surface area contributed by atoms with Crippen molar-refractivity contribution in [2.24, 2.45) is 5.73 Å². The Morgan fingerprint density at radius 1 is 1.57 bits per heavy atom. The molecule has 0 radical (unpaired) electrons. The van der Waals surface area contributed by atoms with Gasteiger partial charge in [0.05, 0.1) is 10.8 Å². The summed E-state index contributed by atoms with van der Waals surface area (Å²) in [4.78, 5) is 10.5. The molecule has 0 amide bonds. The van der Waals surface area contributed by atoms with E-state index in [-0.39, 0.29) is 28.0 Å². The fraction of sp³-hybridized carbons (Fsp3) is 0.143. The Hall–Kier alpha value is -3.05. The van der Waals surface area contributed by atoms with E-state index >= 15 is 0 Å². The lowest BCUT2D eigenvalue weighted by Gasteiger charge is -2.24. The molecule has 1 atom stereocenters. The SMILES string of the molecule is Cc1[nH]nc2c1C(c1cc([N+](=O)[O-])ccc1Cl)C(C#N)=C(N)O2. The van der Waals surface area contributed by atoms with E-state index in [4.69, 9.17) is 22.1 Å². The van der Waals surface area contributed by atoms with Crippen molar-refractivity contribution in [3.05, 3.63) is 61.6 Å². The van der Waals surface area contributed by atoms with Crippen LogP contribution in [0.25, 0.3) is 0 Å². The Labute approximate surface area is 135 Å². The predicted molar refractivity (Wildman–Crippen MR) is 80.7 cm³/mol. The molecule has 1 aliphatic rings.